The van der Waals surface area contributed by atoms with Crippen molar-refractivity contribution in [3.63, 3.8) is 0 Å². The second-order valence-electron chi connectivity index (χ2n) is 6.69. The van der Waals surface area contributed by atoms with Crippen LogP contribution in [0.3, 0.4) is 0 Å². The zero-order valence-electron chi connectivity index (χ0n) is 11.5. The van der Waals surface area contributed by atoms with Crippen LogP contribution in [-0.2, 0) is 4.74 Å². The maximum absolute atomic E-state index is 11.7. The van der Waals surface area contributed by atoms with E-state index in [2.05, 4.69) is 12.2 Å². The van der Waals surface area contributed by atoms with Crippen molar-refractivity contribution in [2.24, 2.45) is 17.8 Å². The molecule has 0 aromatic carbocycles. The molecule has 1 amide bonds. The third kappa shape index (κ3) is 3.90. The van der Waals surface area contributed by atoms with Crippen LogP contribution in [0.1, 0.15) is 53.4 Å². The third-order valence-corrected chi connectivity index (χ3v) is 3.65. The fraction of sp³-hybridized carbons (Fsp3) is 0.929. The number of rotatable bonds is 4. The summed E-state index contributed by atoms with van der Waals surface area (Å²) in [6.07, 6.45) is 5.13. The van der Waals surface area contributed by atoms with Crippen LogP contribution in [0.15, 0.2) is 0 Å². The topological polar surface area (TPSA) is 38.3 Å². The Balaban J connectivity index is 1.82. The molecule has 1 N–H and O–H groups in total. The highest BCUT2D eigenvalue weighted by atomic mass is 16.6. The van der Waals surface area contributed by atoms with Crippen LogP contribution >= 0.6 is 0 Å². The molecular weight excluding hydrogens is 214 g/mol. The van der Waals surface area contributed by atoms with Gasteiger partial charge in [-0.25, -0.2) is 4.79 Å². The quantitative estimate of drug-likeness (QED) is 0.817. The van der Waals surface area contributed by atoms with Gasteiger partial charge < -0.3 is 10.1 Å². The van der Waals surface area contributed by atoms with E-state index < -0.39 is 5.60 Å². The molecule has 98 valence electrons. The molecule has 1 atom stereocenters. The Kier molecular flexibility index (Phi) is 3.37. The monoisotopic (exact) mass is 239 g/mol. The fourth-order valence-electron chi connectivity index (χ4n) is 2.75. The van der Waals surface area contributed by atoms with Crippen molar-refractivity contribution in [3.8, 4) is 0 Å². The first-order valence-corrected chi connectivity index (χ1v) is 6.86. The van der Waals surface area contributed by atoms with Gasteiger partial charge in [0.25, 0.3) is 0 Å². The lowest BCUT2D eigenvalue weighted by atomic mass is 9.91. The molecule has 2 saturated carbocycles. The fourth-order valence-corrected chi connectivity index (χ4v) is 2.75. The minimum atomic E-state index is -0.404. The molecule has 1 unspecified atom stereocenters. The van der Waals surface area contributed by atoms with E-state index in [-0.39, 0.29) is 12.1 Å². The van der Waals surface area contributed by atoms with Crippen molar-refractivity contribution in [2.45, 2.75) is 65.0 Å². The number of nitrogens with one attached hydrogen (secondary N) is 1. The normalized spacial score (nSPS) is 22.4. The highest BCUT2D eigenvalue weighted by Crippen LogP contribution is 2.50. The summed E-state index contributed by atoms with van der Waals surface area (Å²) in [5.74, 6) is 2.39. The number of hydrogen-bond acceptors (Lipinski definition) is 2. The highest BCUT2D eigenvalue weighted by Gasteiger charge is 2.44. The minimum Gasteiger partial charge on any atom is -0.444 e. The number of ether oxygens (including phenoxy) is 1. The summed E-state index contributed by atoms with van der Waals surface area (Å²) in [5.41, 5.74) is -0.404. The van der Waals surface area contributed by atoms with E-state index in [1.165, 1.54) is 25.7 Å². The molecule has 2 aliphatic rings. The molecule has 2 fully saturated rings. The van der Waals surface area contributed by atoms with Gasteiger partial charge in [0.2, 0.25) is 0 Å². The molecule has 2 rings (SSSR count). The number of carbonyl (C=O) groups is 1. The molecule has 0 aliphatic heterocycles. The first kappa shape index (κ1) is 12.7. The van der Waals surface area contributed by atoms with E-state index in [1.54, 1.807) is 0 Å². The second-order valence-corrected chi connectivity index (χ2v) is 6.69. The Morgan fingerprint density at radius 1 is 1.18 bits per heavy atom. The van der Waals surface area contributed by atoms with E-state index in [0.29, 0.717) is 5.92 Å². The summed E-state index contributed by atoms with van der Waals surface area (Å²) in [6.45, 7) is 7.83. The second kappa shape index (κ2) is 4.51. The highest BCUT2D eigenvalue weighted by molar-refractivity contribution is 5.68. The maximum atomic E-state index is 11.7. The summed E-state index contributed by atoms with van der Waals surface area (Å²) in [5, 5.41) is 3.02. The van der Waals surface area contributed by atoms with E-state index in [9.17, 15) is 4.79 Å². The largest absolute Gasteiger partial charge is 0.444 e. The van der Waals surface area contributed by atoms with Crippen molar-refractivity contribution in [3.05, 3.63) is 0 Å². The maximum Gasteiger partial charge on any atom is 0.407 e. The zero-order valence-corrected chi connectivity index (χ0v) is 11.5. The van der Waals surface area contributed by atoms with Gasteiger partial charge in [-0.3, -0.25) is 0 Å². The van der Waals surface area contributed by atoms with Crippen LogP contribution in [-0.4, -0.2) is 17.7 Å². The van der Waals surface area contributed by atoms with Gasteiger partial charge in [0.05, 0.1) is 0 Å². The summed E-state index contributed by atoms with van der Waals surface area (Å²) in [4.78, 5) is 11.7. The summed E-state index contributed by atoms with van der Waals surface area (Å²) in [6, 6.07) is 0.254. The Morgan fingerprint density at radius 2 is 1.65 bits per heavy atom. The lowest BCUT2D eigenvalue weighted by Gasteiger charge is -2.27. The van der Waals surface area contributed by atoms with E-state index >= 15 is 0 Å². The van der Waals surface area contributed by atoms with Gasteiger partial charge in [-0.2, -0.15) is 0 Å². The van der Waals surface area contributed by atoms with Gasteiger partial charge >= 0.3 is 6.09 Å². The average molecular weight is 239 g/mol. The molecule has 0 bridgehead atoms. The van der Waals surface area contributed by atoms with Crippen molar-refractivity contribution in [2.75, 3.05) is 0 Å². The van der Waals surface area contributed by atoms with Crippen molar-refractivity contribution in [1.29, 1.82) is 0 Å². The van der Waals surface area contributed by atoms with Crippen LogP contribution in [0, 0.1) is 17.8 Å². The van der Waals surface area contributed by atoms with E-state index in [4.69, 9.17) is 4.74 Å². The number of alkyl carbamates (subject to hydrolysis) is 1. The summed E-state index contributed by atoms with van der Waals surface area (Å²) < 4.78 is 5.31. The minimum absolute atomic E-state index is 0.254. The van der Waals surface area contributed by atoms with Crippen LogP contribution in [0.5, 0.6) is 0 Å². The van der Waals surface area contributed by atoms with E-state index in [0.717, 1.165) is 11.8 Å². The third-order valence-electron chi connectivity index (χ3n) is 3.65. The number of hydrogen-bond donors (Lipinski definition) is 1. The van der Waals surface area contributed by atoms with Crippen molar-refractivity contribution < 1.29 is 9.53 Å². The predicted octanol–water partition coefficient (Wildman–Crippen LogP) is 3.34. The molecular formula is C14H25NO2. The average Bonchev–Trinajstić information content (AvgIpc) is 2.91. The molecule has 0 aromatic heterocycles. The smallest absolute Gasteiger partial charge is 0.407 e. The van der Waals surface area contributed by atoms with Crippen molar-refractivity contribution in [1.82, 2.24) is 5.32 Å². The van der Waals surface area contributed by atoms with Crippen LogP contribution < -0.4 is 5.32 Å². The predicted molar refractivity (Wildman–Crippen MR) is 67.8 cm³/mol. The SMILES string of the molecule is CC(NC(=O)OC(C)(C)C)C(C1CC1)C1CC1. The summed E-state index contributed by atoms with van der Waals surface area (Å²) in [7, 11) is 0. The van der Waals surface area contributed by atoms with E-state index in [1.807, 2.05) is 20.8 Å². The molecule has 0 heterocycles. The molecule has 3 heteroatoms. The molecule has 0 radical (unpaired) electrons. The first-order valence-electron chi connectivity index (χ1n) is 6.86. The van der Waals surface area contributed by atoms with Crippen LogP contribution in [0.25, 0.3) is 0 Å². The zero-order chi connectivity index (χ0) is 12.6. The molecule has 0 saturated heterocycles. The summed E-state index contributed by atoms with van der Waals surface area (Å²) >= 11 is 0. The Hall–Kier alpha value is -0.730. The van der Waals surface area contributed by atoms with Crippen LogP contribution in [0.2, 0.25) is 0 Å². The molecule has 17 heavy (non-hydrogen) atoms. The Morgan fingerprint density at radius 3 is 2.00 bits per heavy atom. The van der Waals surface area contributed by atoms with Crippen LogP contribution in [0.4, 0.5) is 4.79 Å². The van der Waals surface area contributed by atoms with Gasteiger partial charge in [0.1, 0.15) is 5.60 Å². The lowest BCUT2D eigenvalue weighted by Crippen LogP contribution is -2.42. The molecule has 3 nitrogen and oxygen atoms in total. The molecule has 0 spiro atoms. The van der Waals surface area contributed by atoms with Gasteiger partial charge in [-0.1, -0.05) is 0 Å². The van der Waals surface area contributed by atoms with Gasteiger partial charge in [-0.05, 0) is 71.1 Å². The Bertz CT molecular complexity index is 275. The number of carbonyl (C=O) groups excluding carboxylic acids is 1. The van der Waals surface area contributed by atoms with Crippen molar-refractivity contribution >= 4 is 6.09 Å². The molecule has 2 aliphatic carbocycles. The standard InChI is InChI=1S/C14H25NO2/c1-9(15-13(16)17-14(2,3)4)12(10-5-6-10)11-7-8-11/h9-12H,5-8H2,1-4H3,(H,15,16). The number of amides is 1. The van der Waals surface area contributed by atoms with Gasteiger partial charge in [0, 0.05) is 6.04 Å². The van der Waals surface area contributed by atoms with Gasteiger partial charge in [-0.15, -0.1) is 0 Å². The Labute approximate surface area is 104 Å². The molecule has 0 aromatic rings. The lowest BCUT2D eigenvalue weighted by molar-refractivity contribution is 0.0483. The first-order chi connectivity index (χ1) is 7.87. The van der Waals surface area contributed by atoms with Gasteiger partial charge in [0.15, 0.2) is 0 Å².